The molecule has 2 nitrogen and oxygen atoms in total. The lowest BCUT2D eigenvalue weighted by Crippen LogP contribution is -2.60. The number of aliphatic hydroxyl groups is 1. The first-order valence-corrected chi connectivity index (χ1v) is 17.0. The lowest BCUT2D eigenvalue weighted by atomic mass is 9.50. The highest BCUT2D eigenvalue weighted by atomic mass is 19.4. The minimum absolute atomic E-state index is 0.0270. The smallest absolute Gasteiger partial charge is 0.390 e. The lowest BCUT2D eigenvalue weighted by molar-refractivity contribution is -0.396. The van der Waals surface area contributed by atoms with E-state index in [1.165, 1.54) is 11.1 Å². The van der Waals surface area contributed by atoms with Crippen molar-refractivity contribution < 1.29 is 44.6 Å². The molecule has 0 aliphatic heterocycles. The first-order chi connectivity index (χ1) is 21.3. The van der Waals surface area contributed by atoms with Crippen LogP contribution in [0, 0.1) is 23.2 Å². The number of hydrogen-bond donors (Lipinski definition) is 1. The van der Waals surface area contributed by atoms with Crippen molar-refractivity contribution in [1.29, 1.82) is 0 Å². The molecule has 46 heavy (non-hydrogen) atoms. The zero-order valence-electron chi connectivity index (χ0n) is 27.2. The minimum Gasteiger partial charge on any atom is -0.390 e. The van der Waals surface area contributed by atoms with Gasteiger partial charge in [0, 0.05) is 6.42 Å². The van der Waals surface area contributed by atoms with E-state index in [1.807, 2.05) is 14.0 Å². The maximum atomic E-state index is 13.7. The van der Waals surface area contributed by atoms with E-state index in [-0.39, 0.29) is 11.8 Å². The maximum absolute atomic E-state index is 13.7. The fraction of sp³-hybridized carbons (Fsp3) is 0.829. The summed E-state index contributed by atoms with van der Waals surface area (Å²) in [6.45, 7) is 5.81. The monoisotopic (exact) mass is 671 g/mol. The van der Waals surface area contributed by atoms with Gasteiger partial charge in [-0.2, -0.15) is 39.5 Å². The van der Waals surface area contributed by atoms with E-state index in [0.29, 0.717) is 43.1 Å². The molecule has 2 saturated carbocycles. The molecule has 0 saturated heterocycles. The molecule has 3 aliphatic carbocycles. The molecule has 0 spiro atoms. The standard InChI is InChI=1S/C35H50F9NO/c1-30-19-16-27-26-15-9-8-13-24(26)23-25(29(27)28(30)17-20-31(30,2)46)14-7-6-12-22-45(3)21-11-5-4-10-18-32(36,37)33(38,39)34(40,41)35(42,43)44/h8-9,13,15,25,27-29,46H,4-7,10-12,14,16-23H2,1-3H3/t25-,27-,28+,29-,30+,31+/m1/s1. The Morgan fingerprint density at radius 1 is 0.783 bits per heavy atom. The summed E-state index contributed by atoms with van der Waals surface area (Å²) < 4.78 is 117. The minimum atomic E-state index is -6.81. The van der Waals surface area contributed by atoms with Crippen molar-refractivity contribution in [1.82, 2.24) is 4.90 Å². The van der Waals surface area contributed by atoms with Gasteiger partial charge in [0.2, 0.25) is 0 Å². The van der Waals surface area contributed by atoms with Crippen LogP contribution < -0.4 is 0 Å². The number of fused-ring (bicyclic) bond motifs is 5. The van der Waals surface area contributed by atoms with E-state index in [4.69, 9.17) is 0 Å². The van der Waals surface area contributed by atoms with Crippen LogP contribution in [0.2, 0.25) is 0 Å². The Hall–Kier alpha value is -1.49. The van der Waals surface area contributed by atoms with Gasteiger partial charge >= 0.3 is 23.9 Å². The normalized spacial score (nSPS) is 30.3. The molecule has 0 amide bonds. The van der Waals surface area contributed by atoms with Crippen molar-refractivity contribution in [2.75, 3.05) is 20.1 Å². The van der Waals surface area contributed by atoms with Crippen molar-refractivity contribution in [2.24, 2.45) is 23.2 Å². The maximum Gasteiger partial charge on any atom is 0.460 e. The van der Waals surface area contributed by atoms with Gasteiger partial charge < -0.3 is 10.0 Å². The summed E-state index contributed by atoms with van der Waals surface area (Å²) in [6, 6.07) is 8.87. The van der Waals surface area contributed by atoms with Gasteiger partial charge in [-0.05, 0) is 125 Å². The van der Waals surface area contributed by atoms with Crippen molar-refractivity contribution in [3.8, 4) is 0 Å². The van der Waals surface area contributed by atoms with Crippen LogP contribution in [0.15, 0.2) is 24.3 Å². The number of halogens is 9. The van der Waals surface area contributed by atoms with Gasteiger partial charge in [0.1, 0.15) is 0 Å². The topological polar surface area (TPSA) is 23.5 Å². The number of rotatable bonds is 15. The van der Waals surface area contributed by atoms with Crippen molar-refractivity contribution in [3.63, 3.8) is 0 Å². The van der Waals surface area contributed by atoms with Crippen LogP contribution in [0.1, 0.15) is 114 Å². The van der Waals surface area contributed by atoms with Crippen LogP contribution in [0.4, 0.5) is 39.5 Å². The number of benzene rings is 1. The largest absolute Gasteiger partial charge is 0.460 e. The first kappa shape index (κ1) is 37.3. The van der Waals surface area contributed by atoms with E-state index < -0.39 is 42.4 Å². The summed E-state index contributed by atoms with van der Waals surface area (Å²) in [5.74, 6) is -16.6. The Bertz CT molecular complexity index is 1150. The Balaban J connectivity index is 1.16. The Morgan fingerprint density at radius 3 is 2.04 bits per heavy atom. The van der Waals surface area contributed by atoms with Crippen LogP contribution in [0.3, 0.4) is 0 Å². The number of unbranched alkanes of at least 4 members (excludes halogenated alkanes) is 5. The second kappa shape index (κ2) is 13.8. The number of nitrogens with zero attached hydrogens (tertiary/aromatic N) is 1. The van der Waals surface area contributed by atoms with Gasteiger partial charge in [0.05, 0.1) is 5.60 Å². The van der Waals surface area contributed by atoms with Crippen molar-refractivity contribution in [2.45, 2.75) is 139 Å². The van der Waals surface area contributed by atoms with Crippen LogP contribution in [-0.2, 0) is 6.42 Å². The molecule has 264 valence electrons. The highest BCUT2D eigenvalue weighted by Gasteiger charge is 2.81. The Kier molecular flexibility index (Phi) is 11.2. The molecule has 0 radical (unpaired) electrons. The van der Waals surface area contributed by atoms with E-state index in [0.717, 1.165) is 64.3 Å². The molecule has 1 aromatic carbocycles. The molecule has 0 aromatic heterocycles. The fourth-order valence-electron chi connectivity index (χ4n) is 8.98. The SMILES string of the molecule is CN(CCCCCCC(F)(F)C(F)(F)C(F)(F)C(F)(F)F)CCCCC[C@@H]1Cc2ccccc2[C@H]2CC[C@@]3(C)[C@@H](CC[C@]3(C)O)[C@H]12. The first-order valence-electron chi connectivity index (χ1n) is 17.0. The molecule has 3 aliphatic rings. The molecular weight excluding hydrogens is 621 g/mol. The average molecular weight is 672 g/mol. The molecule has 1 N–H and O–H groups in total. The van der Waals surface area contributed by atoms with E-state index in [9.17, 15) is 44.6 Å². The summed E-state index contributed by atoms with van der Waals surface area (Å²) in [4.78, 5) is 2.10. The van der Waals surface area contributed by atoms with E-state index in [1.54, 1.807) is 0 Å². The number of alkyl halides is 9. The molecular formula is C35H50F9NO. The van der Waals surface area contributed by atoms with Crippen LogP contribution in [0.5, 0.6) is 0 Å². The summed E-state index contributed by atoms with van der Waals surface area (Å²) in [5.41, 5.74) is 2.31. The fourth-order valence-corrected chi connectivity index (χ4v) is 8.98. The molecule has 4 rings (SSSR count). The second-order valence-electron chi connectivity index (χ2n) is 14.9. The summed E-state index contributed by atoms with van der Waals surface area (Å²) >= 11 is 0. The highest BCUT2D eigenvalue weighted by Crippen LogP contribution is 2.65. The Morgan fingerprint density at radius 2 is 1.39 bits per heavy atom. The average Bonchev–Trinajstić information content (AvgIpc) is 3.21. The van der Waals surface area contributed by atoms with Gasteiger partial charge in [-0.25, -0.2) is 0 Å². The predicted molar refractivity (Wildman–Crippen MR) is 161 cm³/mol. The highest BCUT2D eigenvalue weighted by molar-refractivity contribution is 5.36. The summed E-state index contributed by atoms with van der Waals surface area (Å²) in [6.07, 6.45) is 1.39. The van der Waals surface area contributed by atoms with Crippen LogP contribution in [0.25, 0.3) is 0 Å². The zero-order chi connectivity index (χ0) is 34.2. The summed E-state index contributed by atoms with van der Waals surface area (Å²) in [5, 5.41) is 11.3. The molecule has 0 unspecified atom stereocenters. The Labute approximate surface area is 267 Å². The zero-order valence-corrected chi connectivity index (χ0v) is 27.2. The third-order valence-electron chi connectivity index (χ3n) is 12.0. The second-order valence-corrected chi connectivity index (χ2v) is 14.9. The van der Waals surface area contributed by atoms with Gasteiger partial charge in [0.25, 0.3) is 0 Å². The predicted octanol–water partition coefficient (Wildman–Crippen LogP) is 10.4. The van der Waals surface area contributed by atoms with E-state index in [2.05, 4.69) is 36.1 Å². The molecule has 1 aromatic rings. The molecule has 6 atom stereocenters. The molecule has 11 heteroatoms. The molecule has 0 heterocycles. The van der Waals surface area contributed by atoms with Crippen LogP contribution >= 0.6 is 0 Å². The third-order valence-corrected chi connectivity index (χ3v) is 12.0. The van der Waals surface area contributed by atoms with E-state index >= 15 is 0 Å². The molecule has 2 fully saturated rings. The molecule has 0 bridgehead atoms. The van der Waals surface area contributed by atoms with Crippen molar-refractivity contribution >= 4 is 0 Å². The van der Waals surface area contributed by atoms with Gasteiger partial charge in [0.15, 0.2) is 0 Å². The van der Waals surface area contributed by atoms with Gasteiger partial charge in [-0.3, -0.25) is 0 Å². The van der Waals surface area contributed by atoms with Gasteiger partial charge in [-0.1, -0.05) is 56.9 Å². The van der Waals surface area contributed by atoms with Crippen LogP contribution in [-0.4, -0.2) is 59.7 Å². The number of hydrogen-bond acceptors (Lipinski definition) is 2. The lowest BCUT2D eigenvalue weighted by Gasteiger charge is -2.55. The quantitative estimate of drug-likeness (QED) is 0.148. The van der Waals surface area contributed by atoms with Gasteiger partial charge in [-0.15, -0.1) is 0 Å². The third kappa shape index (κ3) is 7.11. The summed E-state index contributed by atoms with van der Waals surface area (Å²) in [7, 11) is 1.94. The van der Waals surface area contributed by atoms with Crippen molar-refractivity contribution in [3.05, 3.63) is 35.4 Å².